The first-order chi connectivity index (χ1) is 11.9. The zero-order chi connectivity index (χ0) is 18.7. The summed E-state index contributed by atoms with van der Waals surface area (Å²) in [6.07, 6.45) is 1.12. The number of benzene rings is 1. The molecule has 25 heavy (non-hydrogen) atoms. The molecule has 0 spiro atoms. The average Bonchev–Trinajstić information content (AvgIpc) is 2.58. The van der Waals surface area contributed by atoms with Gasteiger partial charge in [-0.2, -0.15) is 0 Å². The van der Waals surface area contributed by atoms with Crippen molar-refractivity contribution in [1.82, 2.24) is 9.80 Å². The molecule has 1 aliphatic heterocycles. The van der Waals surface area contributed by atoms with Gasteiger partial charge in [-0.1, -0.05) is 18.2 Å². The van der Waals surface area contributed by atoms with Gasteiger partial charge < -0.3 is 21.1 Å². The van der Waals surface area contributed by atoms with E-state index in [9.17, 15) is 9.59 Å². The quantitative estimate of drug-likeness (QED) is 0.419. The normalized spacial score (nSPS) is 15.6. The molecule has 0 amide bonds. The van der Waals surface area contributed by atoms with Crippen molar-refractivity contribution < 1.29 is 24.9 Å². The van der Waals surface area contributed by atoms with Crippen LogP contribution in [0.2, 0.25) is 0 Å². The molecule has 138 valence electrons. The summed E-state index contributed by atoms with van der Waals surface area (Å²) in [4.78, 5) is 23.8. The Morgan fingerprint density at radius 1 is 1.00 bits per heavy atom. The number of nitrogens with zero attached hydrogens (tertiary/aromatic N) is 2. The van der Waals surface area contributed by atoms with Gasteiger partial charge in [-0.05, 0) is 11.6 Å². The third-order valence-electron chi connectivity index (χ3n) is 3.70. The Morgan fingerprint density at radius 2 is 1.52 bits per heavy atom. The van der Waals surface area contributed by atoms with Crippen molar-refractivity contribution in [2.24, 2.45) is 0 Å². The van der Waals surface area contributed by atoms with E-state index in [2.05, 4.69) is 15.9 Å². The zero-order valence-corrected chi connectivity index (χ0v) is 14.0. The van der Waals surface area contributed by atoms with Crippen molar-refractivity contribution in [3.05, 3.63) is 42.0 Å². The number of para-hydroxylation sites is 1. The van der Waals surface area contributed by atoms with Gasteiger partial charge in [-0.25, -0.2) is 9.59 Å². The zero-order valence-electron chi connectivity index (χ0n) is 14.0. The number of hydrogen-bond acceptors (Lipinski definition) is 6. The van der Waals surface area contributed by atoms with Gasteiger partial charge in [0.25, 0.3) is 0 Å². The van der Waals surface area contributed by atoms with Gasteiger partial charge in [0.05, 0.1) is 6.61 Å². The van der Waals surface area contributed by atoms with E-state index in [0.29, 0.717) is 12.2 Å². The summed E-state index contributed by atoms with van der Waals surface area (Å²) in [5, 5.41) is 24.5. The van der Waals surface area contributed by atoms with E-state index in [1.807, 2.05) is 18.2 Å². The number of anilines is 1. The molecule has 8 heteroatoms. The Kier molecular flexibility index (Phi) is 9.23. The maximum Gasteiger partial charge on any atom is 0.328 e. The number of aliphatic hydroxyl groups is 1. The molecule has 1 saturated heterocycles. The largest absolute Gasteiger partial charge is 0.478 e. The summed E-state index contributed by atoms with van der Waals surface area (Å²) in [5.41, 5.74) is 8.03. The van der Waals surface area contributed by atoms with Crippen LogP contribution in [0.1, 0.15) is 5.56 Å². The number of rotatable bonds is 6. The number of nitrogen functional groups attached to an aromatic ring is 1. The Balaban J connectivity index is 0.000000333. The smallest absolute Gasteiger partial charge is 0.328 e. The molecule has 1 heterocycles. The summed E-state index contributed by atoms with van der Waals surface area (Å²) in [5.74, 6) is -2.51. The van der Waals surface area contributed by atoms with E-state index in [0.717, 1.165) is 45.0 Å². The Labute approximate surface area is 146 Å². The molecule has 2 rings (SSSR count). The van der Waals surface area contributed by atoms with Crippen molar-refractivity contribution in [1.29, 1.82) is 0 Å². The third kappa shape index (κ3) is 8.85. The van der Waals surface area contributed by atoms with Crippen molar-refractivity contribution in [2.45, 2.75) is 6.54 Å². The highest BCUT2D eigenvalue weighted by Crippen LogP contribution is 2.14. The van der Waals surface area contributed by atoms with Gasteiger partial charge in [0.1, 0.15) is 0 Å². The van der Waals surface area contributed by atoms with Gasteiger partial charge in [-0.3, -0.25) is 9.80 Å². The second kappa shape index (κ2) is 11.2. The number of piperazine rings is 1. The van der Waals surface area contributed by atoms with E-state index >= 15 is 0 Å². The minimum absolute atomic E-state index is 0.256. The van der Waals surface area contributed by atoms with E-state index < -0.39 is 11.9 Å². The highest BCUT2D eigenvalue weighted by Gasteiger charge is 2.16. The standard InChI is InChI=1S/C13H21N3O.C4H4O4/c14-13-4-2-1-3-12(13)11-16-7-5-15(6-8-16)9-10-17;5-3(6)1-2-4(7)8/h1-4,17H,5-11,14H2;1-2H,(H,5,6)(H,7,8)/b;2-1-. The molecular weight excluding hydrogens is 326 g/mol. The van der Waals surface area contributed by atoms with Crippen LogP contribution in [0.25, 0.3) is 0 Å². The molecule has 1 aliphatic rings. The van der Waals surface area contributed by atoms with Crippen molar-refractivity contribution >= 4 is 17.6 Å². The number of carboxylic acids is 2. The van der Waals surface area contributed by atoms with Crippen LogP contribution in [0.4, 0.5) is 5.69 Å². The van der Waals surface area contributed by atoms with E-state index in [4.69, 9.17) is 21.1 Å². The number of hydrogen-bond donors (Lipinski definition) is 4. The maximum absolute atomic E-state index is 9.55. The van der Waals surface area contributed by atoms with Crippen molar-refractivity contribution in [3.63, 3.8) is 0 Å². The molecule has 1 aromatic carbocycles. The maximum atomic E-state index is 9.55. The van der Waals surface area contributed by atoms with Crippen LogP contribution in [-0.2, 0) is 16.1 Å². The average molecular weight is 351 g/mol. The van der Waals surface area contributed by atoms with Crippen molar-refractivity contribution in [2.75, 3.05) is 45.1 Å². The van der Waals surface area contributed by atoms with Crippen LogP contribution < -0.4 is 5.73 Å². The number of aliphatic carboxylic acids is 2. The van der Waals surface area contributed by atoms with Crippen LogP contribution in [0.15, 0.2) is 36.4 Å². The summed E-state index contributed by atoms with van der Waals surface area (Å²) in [7, 11) is 0. The lowest BCUT2D eigenvalue weighted by Crippen LogP contribution is -2.46. The molecule has 1 fully saturated rings. The molecule has 0 unspecified atom stereocenters. The summed E-state index contributed by atoms with van der Waals surface area (Å²) >= 11 is 0. The van der Waals surface area contributed by atoms with E-state index in [1.54, 1.807) is 0 Å². The highest BCUT2D eigenvalue weighted by atomic mass is 16.4. The first-order valence-corrected chi connectivity index (χ1v) is 7.95. The molecular formula is C17H25N3O5. The Morgan fingerprint density at radius 3 is 2.00 bits per heavy atom. The molecule has 0 radical (unpaired) electrons. The molecule has 0 saturated carbocycles. The predicted octanol–water partition coefficient (Wildman–Crippen LogP) is 0.0905. The highest BCUT2D eigenvalue weighted by molar-refractivity contribution is 5.89. The fourth-order valence-corrected chi connectivity index (χ4v) is 2.37. The summed E-state index contributed by atoms with van der Waals surface area (Å²) in [6.45, 7) is 6.15. The SMILES string of the molecule is Nc1ccccc1CN1CCN(CCO)CC1.O=C(O)/C=C\C(=O)O. The van der Waals surface area contributed by atoms with E-state index in [1.165, 1.54) is 5.56 Å². The minimum atomic E-state index is -1.26. The molecule has 0 aromatic heterocycles. The second-order valence-electron chi connectivity index (χ2n) is 5.55. The van der Waals surface area contributed by atoms with Crippen LogP contribution in [-0.4, -0.2) is 76.4 Å². The fourth-order valence-electron chi connectivity index (χ4n) is 2.37. The van der Waals surface area contributed by atoms with E-state index in [-0.39, 0.29) is 6.61 Å². The molecule has 0 atom stereocenters. The van der Waals surface area contributed by atoms with Gasteiger partial charge in [0.15, 0.2) is 0 Å². The van der Waals surface area contributed by atoms with Gasteiger partial charge in [0.2, 0.25) is 0 Å². The topological polar surface area (TPSA) is 127 Å². The molecule has 0 aliphatic carbocycles. The van der Waals surface area contributed by atoms with Crippen LogP contribution in [0.3, 0.4) is 0 Å². The summed E-state index contributed by atoms with van der Waals surface area (Å²) < 4.78 is 0. The third-order valence-corrected chi connectivity index (χ3v) is 3.70. The summed E-state index contributed by atoms with van der Waals surface area (Å²) in [6, 6.07) is 8.05. The molecule has 8 nitrogen and oxygen atoms in total. The molecule has 0 bridgehead atoms. The number of aliphatic hydroxyl groups excluding tert-OH is 1. The number of nitrogens with two attached hydrogens (primary N) is 1. The fraction of sp³-hybridized carbons (Fsp3) is 0.412. The minimum Gasteiger partial charge on any atom is -0.478 e. The van der Waals surface area contributed by atoms with Gasteiger partial charge in [-0.15, -0.1) is 0 Å². The van der Waals surface area contributed by atoms with Crippen LogP contribution >= 0.6 is 0 Å². The molecule has 1 aromatic rings. The Bertz CT molecular complexity index is 567. The lowest BCUT2D eigenvalue weighted by atomic mass is 10.1. The lowest BCUT2D eigenvalue weighted by Gasteiger charge is -2.34. The molecule has 5 N–H and O–H groups in total. The first kappa shape index (κ1) is 20.6. The number of carboxylic acid groups (broad SMARTS) is 2. The first-order valence-electron chi connectivity index (χ1n) is 7.95. The van der Waals surface area contributed by atoms with Crippen LogP contribution in [0, 0.1) is 0 Å². The van der Waals surface area contributed by atoms with Crippen LogP contribution in [0.5, 0.6) is 0 Å². The Hall–Kier alpha value is -2.42. The monoisotopic (exact) mass is 351 g/mol. The van der Waals surface area contributed by atoms with Gasteiger partial charge >= 0.3 is 11.9 Å². The van der Waals surface area contributed by atoms with Crippen molar-refractivity contribution in [3.8, 4) is 0 Å². The predicted molar refractivity (Wildman–Crippen MR) is 94.1 cm³/mol. The second-order valence-corrected chi connectivity index (χ2v) is 5.55. The lowest BCUT2D eigenvalue weighted by molar-refractivity contribution is -0.134. The number of β-amino-alcohol motifs (C(OH)–C–C–N with tert-alkyl or cyclic N) is 1. The number of carbonyl (C=O) groups is 2. The van der Waals surface area contributed by atoms with Gasteiger partial charge in [0, 0.05) is 57.1 Å².